The van der Waals surface area contributed by atoms with E-state index < -0.39 is 0 Å². The Morgan fingerprint density at radius 1 is 1.05 bits per heavy atom. The first-order chi connectivity index (χ1) is 18.3. The first-order valence-corrected chi connectivity index (χ1v) is 15.1. The van der Waals surface area contributed by atoms with Gasteiger partial charge in [-0.25, -0.2) is 4.79 Å². The lowest BCUT2D eigenvalue weighted by molar-refractivity contribution is 0.126. The monoisotopic (exact) mass is 536 g/mol. The van der Waals surface area contributed by atoms with E-state index in [0.29, 0.717) is 17.9 Å². The number of hydrogen-bond acceptors (Lipinski definition) is 3. The molecule has 3 aliphatic heterocycles. The summed E-state index contributed by atoms with van der Waals surface area (Å²) in [6.07, 6.45) is 15.9. The van der Waals surface area contributed by atoms with Gasteiger partial charge < -0.3 is 20.0 Å². The van der Waals surface area contributed by atoms with Gasteiger partial charge in [0.1, 0.15) is 0 Å². The lowest BCUT2D eigenvalue weighted by atomic mass is 9.68. The third-order valence-electron chi connectivity index (χ3n) is 9.48. The van der Waals surface area contributed by atoms with Gasteiger partial charge in [0.2, 0.25) is 0 Å². The zero-order valence-corrected chi connectivity index (χ0v) is 24.2. The van der Waals surface area contributed by atoms with E-state index in [4.69, 9.17) is 11.6 Å². The van der Waals surface area contributed by atoms with Crippen molar-refractivity contribution in [2.75, 3.05) is 44.2 Å². The maximum Gasteiger partial charge on any atom is 0.317 e. The van der Waals surface area contributed by atoms with Crippen molar-refractivity contribution in [3.8, 4) is 0 Å². The van der Waals surface area contributed by atoms with Crippen LogP contribution >= 0.6 is 11.6 Å². The molecule has 0 aromatic heterocycles. The van der Waals surface area contributed by atoms with Crippen molar-refractivity contribution in [3.63, 3.8) is 0 Å². The summed E-state index contributed by atoms with van der Waals surface area (Å²) in [5, 5.41) is 4.04. The number of urea groups is 1. The van der Waals surface area contributed by atoms with Crippen molar-refractivity contribution in [2.24, 2.45) is 17.3 Å². The molecule has 1 N–H and O–H groups in total. The van der Waals surface area contributed by atoms with Gasteiger partial charge in [0.25, 0.3) is 0 Å². The fraction of sp³-hybridized carbons (Fsp3) is 0.594. The summed E-state index contributed by atoms with van der Waals surface area (Å²) in [4.78, 5) is 20.1. The first-order valence-electron chi connectivity index (χ1n) is 14.7. The Morgan fingerprint density at radius 2 is 1.76 bits per heavy atom. The fourth-order valence-electron chi connectivity index (χ4n) is 6.95. The van der Waals surface area contributed by atoms with Crippen LogP contribution in [0.5, 0.6) is 0 Å². The third-order valence-corrected chi connectivity index (χ3v) is 9.73. The minimum absolute atomic E-state index is 0.0418. The normalized spacial score (nSPS) is 25.6. The molecule has 0 spiro atoms. The molecular formula is C32H45ClN4O. The zero-order chi connectivity index (χ0) is 26.7. The SMILES string of the molecule is CC(C)N1CCC(CNC(=O)N2CCC(C3(C)CN(c4ccc(Cl)cc4)C4=CCCC=CC=C43)CC2)CC1. The molecule has 0 radical (unpaired) electrons. The Morgan fingerprint density at radius 3 is 2.45 bits per heavy atom. The first kappa shape index (κ1) is 27.3. The summed E-state index contributed by atoms with van der Waals surface area (Å²) in [7, 11) is 0. The summed E-state index contributed by atoms with van der Waals surface area (Å²) in [6, 6.07) is 9.01. The van der Waals surface area contributed by atoms with E-state index in [2.05, 4.69) is 77.2 Å². The van der Waals surface area contributed by atoms with Crippen LogP contribution in [0.15, 0.2) is 59.8 Å². The summed E-state index contributed by atoms with van der Waals surface area (Å²) < 4.78 is 0. The summed E-state index contributed by atoms with van der Waals surface area (Å²) >= 11 is 6.21. The van der Waals surface area contributed by atoms with Gasteiger partial charge in [0.05, 0.1) is 0 Å². The minimum atomic E-state index is 0.0418. The lowest BCUT2D eigenvalue weighted by Crippen LogP contribution is -2.49. The molecule has 0 bridgehead atoms. The van der Waals surface area contributed by atoms with Crippen molar-refractivity contribution in [1.82, 2.24) is 15.1 Å². The van der Waals surface area contributed by atoms with Crippen LogP contribution in [0, 0.1) is 17.3 Å². The van der Waals surface area contributed by atoms with Crippen molar-refractivity contribution >= 4 is 23.3 Å². The van der Waals surface area contributed by atoms with Crippen molar-refractivity contribution < 1.29 is 4.79 Å². The van der Waals surface area contributed by atoms with E-state index in [-0.39, 0.29) is 11.4 Å². The molecule has 3 fully saturated rings. The number of piperidine rings is 2. The van der Waals surface area contributed by atoms with Gasteiger partial charge in [0, 0.05) is 54.0 Å². The standard InChI is InChI=1S/C32H45ClN4O/c1-24(2)35-18-14-25(15-19-35)22-34-31(38)36-20-16-26(17-21-36)32(3)23-37(28-12-10-27(33)11-13-28)30-9-7-5-4-6-8-29(30)32/h4,6,8-13,24-26H,5,7,14-23H2,1-3H3,(H,34,38). The highest BCUT2D eigenvalue weighted by molar-refractivity contribution is 6.30. The number of halogens is 1. The molecule has 2 amide bonds. The summed E-state index contributed by atoms with van der Waals surface area (Å²) in [5.41, 5.74) is 4.04. The van der Waals surface area contributed by atoms with Gasteiger partial charge in [-0.15, -0.1) is 0 Å². The van der Waals surface area contributed by atoms with E-state index in [1.54, 1.807) is 0 Å². The molecule has 5 rings (SSSR count). The molecule has 0 saturated carbocycles. The number of rotatable bonds is 5. The number of anilines is 1. The molecule has 5 nitrogen and oxygen atoms in total. The number of nitrogens with one attached hydrogen (secondary N) is 1. The van der Waals surface area contributed by atoms with Crippen LogP contribution in [0.3, 0.4) is 0 Å². The highest BCUT2D eigenvalue weighted by atomic mass is 35.5. The highest BCUT2D eigenvalue weighted by Gasteiger charge is 2.48. The smallest absolute Gasteiger partial charge is 0.317 e. The number of hydrogen-bond donors (Lipinski definition) is 1. The molecule has 3 saturated heterocycles. The number of likely N-dealkylation sites (tertiary alicyclic amines) is 2. The molecule has 1 aromatic rings. The predicted octanol–water partition coefficient (Wildman–Crippen LogP) is 6.87. The van der Waals surface area contributed by atoms with E-state index in [0.717, 1.165) is 70.0 Å². The van der Waals surface area contributed by atoms with Crippen molar-refractivity contribution in [3.05, 3.63) is 64.9 Å². The number of nitrogens with zero attached hydrogens (tertiary/aromatic N) is 3. The van der Waals surface area contributed by atoms with Crippen LogP contribution in [-0.2, 0) is 0 Å². The van der Waals surface area contributed by atoms with Crippen LogP contribution in [-0.4, -0.2) is 61.1 Å². The average Bonchev–Trinajstić information content (AvgIpc) is 3.19. The topological polar surface area (TPSA) is 38.8 Å². The van der Waals surface area contributed by atoms with E-state index >= 15 is 0 Å². The maximum atomic E-state index is 13.1. The highest BCUT2D eigenvalue weighted by Crippen LogP contribution is 2.52. The number of carbonyl (C=O) groups excluding carboxylic acids is 1. The van der Waals surface area contributed by atoms with E-state index in [1.807, 2.05) is 12.1 Å². The van der Waals surface area contributed by atoms with Crippen LogP contribution < -0.4 is 10.2 Å². The van der Waals surface area contributed by atoms with E-state index in [9.17, 15) is 4.79 Å². The van der Waals surface area contributed by atoms with Crippen LogP contribution in [0.4, 0.5) is 10.5 Å². The van der Waals surface area contributed by atoms with Crippen molar-refractivity contribution in [1.29, 1.82) is 0 Å². The van der Waals surface area contributed by atoms with Gasteiger partial charge in [0.15, 0.2) is 0 Å². The molecule has 38 heavy (non-hydrogen) atoms. The Bertz CT molecular complexity index is 1060. The second-order valence-corrected chi connectivity index (χ2v) is 12.6. The Labute approximate surface area is 234 Å². The zero-order valence-electron chi connectivity index (χ0n) is 23.5. The van der Waals surface area contributed by atoms with Crippen LogP contribution in [0.1, 0.15) is 59.3 Å². The Hall–Kier alpha value is -2.24. The molecule has 6 heteroatoms. The molecule has 206 valence electrons. The second-order valence-electron chi connectivity index (χ2n) is 12.2. The molecule has 1 aromatic carbocycles. The largest absolute Gasteiger partial charge is 0.341 e. The van der Waals surface area contributed by atoms with Crippen LogP contribution in [0.2, 0.25) is 5.02 Å². The summed E-state index contributed by atoms with van der Waals surface area (Å²) in [6.45, 7) is 12.7. The summed E-state index contributed by atoms with van der Waals surface area (Å²) in [5.74, 6) is 1.14. The number of amides is 2. The molecule has 1 atom stereocenters. The maximum absolute atomic E-state index is 13.1. The van der Waals surface area contributed by atoms with Gasteiger partial charge >= 0.3 is 6.03 Å². The second kappa shape index (κ2) is 11.9. The number of allylic oxidation sites excluding steroid dienone is 5. The van der Waals surface area contributed by atoms with Gasteiger partial charge in [-0.1, -0.05) is 42.8 Å². The van der Waals surface area contributed by atoms with Crippen LogP contribution in [0.25, 0.3) is 0 Å². The lowest BCUT2D eigenvalue weighted by Gasteiger charge is -2.41. The molecular weight excluding hydrogens is 492 g/mol. The fourth-order valence-corrected chi connectivity index (χ4v) is 7.07. The predicted molar refractivity (Wildman–Crippen MR) is 159 cm³/mol. The third kappa shape index (κ3) is 5.84. The van der Waals surface area contributed by atoms with Gasteiger partial charge in [-0.3, -0.25) is 0 Å². The Balaban J connectivity index is 1.21. The number of fused-ring (bicyclic) bond motifs is 1. The van der Waals surface area contributed by atoms with Gasteiger partial charge in [-0.2, -0.15) is 0 Å². The minimum Gasteiger partial charge on any atom is -0.341 e. The van der Waals surface area contributed by atoms with Gasteiger partial charge in [-0.05, 0) is 107 Å². The molecule has 3 heterocycles. The average molecular weight is 537 g/mol. The number of benzene rings is 1. The van der Waals surface area contributed by atoms with E-state index in [1.165, 1.54) is 29.8 Å². The number of carbonyl (C=O) groups is 1. The molecule has 1 unspecified atom stereocenters. The quantitative estimate of drug-likeness (QED) is 0.446. The molecule has 1 aliphatic carbocycles. The Kier molecular flexibility index (Phi) is 8.54. The molecule has 4 aliphatic rings. The van der Waals surface area contributed by atoms with Crippen molar-refractivity contribution in [2.45, 2.75) is 65.3 Å².